The highest BCUT2D eigenvalue weighted by Crippen LogP contribution is 2.17. The molecule has 0 aliphatic carbocycles. The fourth-order valence-corrected chi connectivity index (χ4v) is 1.66. The predicted octanol–water partition coefficient (Wildman–Crippen LogP) is 1.01. The fraction of sp³-hybridized carbons (Fsp3) is 0.455. The second kappa shape index (κ2) is 3.67. The lowest BCUT2D eigenvalue weighted by Gasteiger charge is -2.13. The van der Waals surface area contributed by atoms with Gasteiger partial charge in [0.1, 0.15) is 0 Å². The fourth-order valence-electron chi connectivity index (χ4n) is 1.66. The van der Waals surface area contributed by atoms with Crippen molar-refractivity contribution in [2.24, 2.45) is 0 Å². The van der Waals surface area contributed by atoms with Crippen LogP contribution in [0.15, 0.2) is 0 Å². The molecule has 2 heterocycles. The van der Waals surface area contributed by atoms with Crippen molar-refractivity contribution in [3.8, 4) is 12.0 Å². The molecule has 2 rings (SSSR count). The largest absolute Gasteiger partial charge is 0.341 e. The van der Waals surface area contributed by atoms with Gasteiger partial charge in [-0.3, -0.25) is 0 Å². The first-order valence-electron chi connectivity index (χ1n) is 4.98. The molecule has 0 amide bonds. The van der Waals surface area contributed by atoms with Crippen molar-refractivity contribution < 1.29 is 0 Å². The molecule has 3 nitrogen and oxygen atoms in total. The number of nitrogens with one attached hydrogen (secondary N) is 1. The van der Waals surface area contributed by atoms with E-state index < -0.39 is 0 Å². The van der Waals surface area contributed by atoms with Gasteiger partial charge >= 0.3 is 0 Å². The molecule has 1 aliphatic rings. The Labute approximate surface area is 83.9 Å². The molecule has 0 saturated heterocycles. The third-order valence-electron chi connectivity index (χ3n) is 2.44. The molecule has 0 aromatic carbocycles. The topological polar surface area (TPSA) is 37.8 Å². The zero-order valence-corrected chi connectivity index (χ0v) is 8.52. The molecule has 3 heteroatoms. The van der Waals surface area contributed by atoms with E-state index in [4.69, 9.17) is 0 Å². The highest BCUT2D eigenvalue weighted by molar-refractivity contribution is 5.47. The quantitative estimate of drug-likeness (QED) is 0.702. The summed E-state index contributed by atoms with van der Waals surface area (Å²) in [4.78, 5) is 0. The van der Waals surface area contributed by atoms with Gasteiger partial charge in [-0.25, -0.2) is 0 Å². The van der Waals surface area contributed by atoms with E-state index >= 15 is 0 Å². The summed E-state index contributed by atoms with van der Waals surface area (Å²) in [5.41, 5.74) is 4.42. The van der Waals surface area contributed by atoms with Crippen LogP contribution in [-0.4, -0.2) is 10.2 Å². The van der Waals surface area contributed by atoms with Gasteiger partial charge in [-0.15, -0.1) is 0 Å². The third-order valence-corrected chi connectivity index (χ3v) is 2.44. The first-order chi connectivity index (χ1) is 6.86. The van der Waals surface area contributed by atoms with Crippen molar-refractivity contribution in [1.29, 1.82) is 0 Å². The minimum atomic E-state index is 0.800. The molecule has 0 radical (unpaired) electrons. The number of aryl methyl sites for hydroxylation is 2. The molecule has 0 fully saturated rings. The van der Waals surface area contributed by atoms with Gasteiger partial charge in [-0.05, 0) is 18.8 Å². The van der Waals surface area contributed by atoms with Crippen LogP contribution < -0.4 is 5.32 Å². The molecule has 72 valence electrons. The molecule has 0 atom stereocenters. The van der Waals surface area contributed by atoms with Crippen LogP contribution in [-0.2, 0) is 19.4 Å². The van der Waals surface area contributed by atoms with Gasteiger partial charge in [-0.1, -0.05) is 13.8 Å². The number of rotatable bonds is 2. The Kier molecular flexibility index (Phi) is 2.36. The van der Waals surface area contributed by atoms with Crippen molar-refractivity contribution in [3.05, 3.63) is 22.5 Å². The van der Waals surface area contributed by atoms with Crippen LogP contribution in [0, 0.1) is 12.0 Å². The highest BCUT2D eigenvalue weighted by Gasteiger charge is 2.14. The SMILES string of the molecule is CCc1nnc(CC)c2c1C#CNC2. The number of hydrogen-bond acceptors (Lipinski definition) is 3. The van der Waals surface area contributed by atoms with Gasteiger partial charge in [0.05, 0.1) is 23.5 Å². The molecule has 1 aromatic rings. The second-order valence-electron chi connectivity index (χ2n) is 3.26. The van der Waals surface area contributed by atoms with Crippen LogP contribution in [0.2, 0.25) is 0 Å². The first kappa shape index (κ1) is 9.01. The van der Waals surface area contributed by atoms with E-state index in [1.54, 1.807) is 0 Å². The summed E-state index contributed by atoms with van der Waals surface area (Å²) in [5, 5.41) is 11.5. The predicted molar refractivity (Wildman–Crippen MR) is 54.5 cm³/mol. The first-order valence-corrected chi connectivity index (χ1v) is 4.98. The molecule has 0 unspecified atom stereocenters. The zero-order chi connectivity index (χ0) is 9.97. The van der Waals surface area contributed by atoms with Crippen LogP contribution in [0.4, 0.5) is 0 Å². The van der Waals surface area contributed by atoms with Crippen LogP contribution >= 0.6 is 0 Å². The monoisotopic (exact) mass is 187 g/mol. The van der Waals surface area contributed by atoms with Gasteiger partial charge < -0.3 is 5.32 Å². The number of nitrogens with zero attached hydrogens (tertiary/aromatic N) is 2. The average Bonchev–Trinajstić information content (AvgIpc) is 2.27. The van der Waals surface area contributed by atoms with E-state index in [1.807, 2.05) is 0 Å². The second-order valence-corrected chi connectivity index (χ2v) is 3.26. The Morgan fingerprint density at radius 1 is 1.21 bits per heavy atom. The minimum absolute atomic E-state index is 0.800. The summed E-state index contributed by atoms with van der Waals surface area (Å²) in [6.45, 7) is 4.98. The summed E-state index contributed by atoms with van der Waals surface area (Å²) >= 11 is 0. The van der Waals surface area contributed by atoms with E-state index in [-0.39, 0.29) is 0 Å². The number of aromatic nitrogens is 2. The lowest BCUT2D eigenvalue weighted by molar-refractivity contribution is 0.783. The van der Waals surface area contributed by atoms with Crippen LogP contribution in [0.25, 0.3) is 0 Å². The zero-order valence-electron chi connectivity index (χ0n) is 8.52. The van der Waals surface area contributed by atoms with Crippen molar-refractivity contribution >= 4 is 0 Å². The van der Waals surface area contributed by atoms with E-state index in [9.17, 15) is 0 Å². The van der Waals surface area contributed by atoms with Gasteiger partial charge in [0.2, 0.25) is 0 Å². The van der Waals surface area contributed by atoms with Crippen molar-refractivity contribution in [3.63, 3.8) is 0 Å². The Bertz CT molecular complexity index is 413. The maximum Gasteiger partial charge on any atom is 0.0788 e. The Balaban J connectivity index is 2.61. The van der Waals surface area contributed by atoms with E-state index in [1.165, 1.54) is 5.56 Å². The Morgan fingerprint density at radius 3 is 2.64 bits per heavy atom. The summed E-state index contributed by atoms with van der Waals surface area (Å²) in [6.07, 6.45) is 1.82. The Morgan fingerprint density at radius 2 is 1.93 bits per heavy atom. The molecule has 14 heavy (non-hydrogen) atoms. The summed E-state index contributed by atoms with van der Waals surface area (Å²) in [5.74, 6) is 3.09. The molecule has 0 saturated carbocycles. The van der Waals surface area contributed by atoms with Gasteiger partial charge in [0, 0.05) is 11.6 Å². The maximum absolute atomic E-state index is 4.22. The summed E-state index contributed by atoms with van der Waals surface area (Å²) in [7, 11) is 0. The van der Waals surface area contributed by atoms with E-state index in [2.05, 4.69) is 41.3 Å². The van der Waals surface area contributed by atoms with Gasteiger partial charge in [0.25, 0.3) is 0 Å². The molecule has 1 N–H and O–H groups in total. The molecular formula is C11H13N3. The molecule has 1 aliphatic heterocycles. The molecule has 1 aromatic heterocycles. The minimum Gasteiger partial charge on any atom is -0.341 e. The smallest absolute Gasteiger partial charge is 0.0788 e. The molecular weight excluding hydrogens is 174 g/mol. The highest BCUT2D eigenvalue weighted by atomic mass is 15.1. The third kappa shape index (κ3) is 1.33. The maximum atomic E-state index is 4.22. The molecule has 0 bridgehead atoms. The van der Waals surface area contributed by atoms with E-state index in [0.717, 1.165) is 36.3 Å². The Hall–Kier alpha value is -1.56. The standard InChI is InChI=1S/C11H13N3/c1-3-10-8-5-6-12-7-9(8)11(4-2)14-13-10/h12H,3-4,7H2,1-2H3. The van der Waals surface area contributed by atoms with Crippen LogP contribution in [0.1, 0.15) is 36.4 Å². The van der Waals surface area contributed by atoms with Crippen LogP contribution in [0.3, 0.4) is 0 Å². The molecule has 0 spiro atoms. The lowest BCUT2D eigenvalue weighted by atomic mass is 10.0. The summed E-state index contributed by atoms with van der Waals surface area (Å²) < 4.78 is 0. The summed E-state index contributed by atoms with van der Waals surface area (Å²) in [6, 6.07) is 2.90. The van der Waals surface area contributed by atoms with E-state index in [0.29, 0.717) is 0 Å². The normalized spacial score (nSPS) is 12.4. The van der Waals surface area contributed by atoms with Crippen molar-refractivity contribution in [1.82, 2.24) is 15.5 Å². The van der Waals surface area contributed by atoms with Crippen molar-refractivity contribution in [2.75, 3.05) is 0 Å². The van der Waals surface area contributed by atoms with Crippen LogP contribution in [0.5, 0.6) is 0 Å². The number of fused-ring (bicyclic) bond motifs is 1. The van der Waals surface area contributed by atoms with Gasteiger partial charge in [0.15, 0.2) is 0 Å². The van der Waals surface area contributed by atoms with Crippen molar-refractivity contribution in [2.45, 2.75) is 33.2 Å². The average molecular weight is 187 g/mol. The number of hydrogen-bond donors (Lipinski definition) is 1. The van der Waals surface area contributed by atoms with Gasteiger partial charge in [-0.2, -0.15) is 10.2 Å². The lowest BCUT2D eigenvalue weighted by Crippen LogP contribution is -2.17.